The van der Waals surface area contributed by atoms with Gasteiger partial charge in [0.25, 0.3) is 0 Å². The molecule has 2 rings (SSSR count). The minimum absolute atomic E-state index is 0.0361. The highest BCUT2D eigenvalue weighted by atomic mass is 19.4. The molecule has 0 bridgehead atoms. The van der Waals surface area contributed by atoms with Gasteiger partial charge in [-0.2, -0.15) is 18.2 Å². The van der Waals surface area contributed by atoms with Crippen molar-refractivity contribution < 1.29 is 13.2 Å². The molecule has 1 aromatic heterocycles. The lowest BCUT2D eigenvalue weighted by Gasteiger charge is -2.14. The molecule has 9 heteroatoms. The van der Waals surface area contributed by atoms with E-state index in [0.717, 1.165) is 6.21 Å². The van der Waals surface area contributed by atoms with Gasteiger partial charge in [0.15, 0.2) is 0 Å². The van der Waals surface area contributed by atoms with E-state index in [1.54, 1.807) is 18.2 Å². The molecule has 0 aliphatic rings. The van der Waals surface area contributed by atoms with E-state index < -0.39 is 11.7 Å². The maximum Gasteiger partial charge on any atom is 0.421 e. The van der Waals surface area contributed by atoms with E-state index >= 15 is 0 Å². The van der Waals surface area contributed by atoms with Gasteiger partial charge in [0.05, 0.1) is 5.69 Å². The SMILES string of the molecule is CNc1nc(Nc2cccc(N)c2C=N)ncc1C(F)(F)F. The first kappa shape index (κ1) is 15.5. The highest BCUT2D eigenvalue weighted by molar-refractivity contribution is 5.93. The predicted molar refractivity (Wildman–Crippen MR) is 78.6 cm³/mol. The van der Waals surface area contributed by atoms with Crippen LogP contribution in [0.15, 0.2) is 24.4 Å². The van der Waals surface area contributed by atoms with E-state index in [4.69, 9.17) is 11.1 Å². The van der Waals surface area contributed by atoms with Gasteiger partial charge < -0.3 is 21.8 Å². The number of nitrogens with zero attached hydrogens (tertiary/aromatic N) is 2. The van der Waals surface area contributed by atoms with Crippen molar-refractivity contribution in [3.8, 4) is 0 Å². The van der Waals surface area contributed by atoms with Crippen LogP contribution in [0.25, 0.3) is 0 Å². The van der Waals surface area contributed by atoms with Crippen LogP contribution in [0, 0.1) is 5.41 Å². The molecular formula is C13H13F3N6. The number of anilines is 4. The normalized spacial score (nSPS) is 11.1. The van der Waals surface area contributed by atoms with Gasteiger partial charge in [0.2, 0.25) is 5.95 Å². The van der Waals surface area contributed by atoms with Crippen molar-refractivity contribution in [3.63, 3.8) is 0 Å². The Labute approximate surface area is 124 Å². The van der Waals surface area contributed by atoms with Crippen molar-refractivity contribution in [2.24, 2.45) is 0 Å². The highest BCUT2D eigenvalue weighted by Crippen LogP contribution is 2.34. The van der Waals surface area contributed by atoms with Crippen LogP contribution in [-0.2, 0) is 6.18 Å². The summed E-state index contributed by atoms with van der Waals surface area (Å²) in [5.74, 6) is -0.378. The first-order valence-corrected chi connectivity index (χ1v) is 6.14. The Hall–Kier alpha value is -2.84. The smallest absolute Gasteiger partial charge is 0.398 e. The van der Waals surface area contributed by atoms with Crippen molar-refractivity contribution in [3.05, 3.63) is 35.5 Å². The molecule has 0 amide bonds. The van der Waals surface area contributed by atoms with E-state index in [1.165, 1.54) is 7.05 Å². The number of hydrogen-bond donors (Lipinski definition) is 4. The van der Waals surface area contributed by atoms with Gasteiger partial charge in [-0.1, -0.05) is 6.07 Å². The fourth-order valence-electron chi connectivity index (χ4n) is 1.81. The molecule has 1 aromatic carbocycles. The van der Waals surface area contributed by atoms with E-state index in [-0.39, 0.29) is 11.8 Å². The average Bonchev–Trinajstić information content (AvgIpc) is 2.46. The lowest BCUT2D eigenvalue weighted by Crippen LogP contribution is -2.13. The second-order valence-corrected chi connectivity index (χ2v) is 4.28. The van der Waals surface area contributed by atoms with Crippen molar-refractivity contribution >= 4 is 29.4 Å². The molecule has 0 saturated carbocycles. The third-order valence-corrected chi connectivity index (χ3v) is 2.86. The molecule has 0 saturated heterocycles. The number of aromatic nitrogens is 2. The number of hydrogen-bond acceptors (Lipinski definition) is 6. The van der Waals surface area contributed by atoms with Crippen molar-refractivity contribution in [1.29, 1.82) is 5.41 Å². The molecule has 5 N–H and O–H groups in total. The van der Waals surface area contributed by atoms with E-state index in [0.29, 0.717) is 23.1 Å². The van der Waals surface area contributed by atoms with Gasteiger partial charge in [0, 0.05) is 30.7 Å². The molecule has 0 fully saturated rings. The fourth-order valence-corrected chi connectivity index (χ4v) is 1.81. The molecule has 1 heterocycles. The second kappa shape index (κ2) is 5.88. The first-order valence-electron chi connectivity index (χ1n) is 6.14. The zero-order chi connectivity index (χ0) is 16.3. The topological polar surface area (TPSA) is 99.7 Å². The number of halogens is 3. The van der Waals surface area contributed by atoms with E-state index in [9.17, 15) is 13.2 Å². The summed E-state index contributed by atoms with van der Waals surface area (Å²) < 4.78 is 38.3. The third kappa shape index (κ3) is 3.08. The molecule has 2 aromatic rings. The van der Waals surface area contributed by atoms with Crippen LogP contribution in [0.1, 0.15) is 11.1 Å². The summed E-state index contributed by atoms with van der Waals surface area (Å²) in [5.41, 5.74) is 5.96. The number of nitrogen functional groups attached to an aromatic ring is 1. The summed E-state index contributed by atoms with van der Waals surface area (Å²) in [6.07, 6.45) is -2.81. The van der Waals surface area contributed by atoms with Crippen LogP contribution < -0.4 is 16.4 Å². The molecule has 0 radical (unpaired) electrons. The summed E-state index contributed by atoms with van der Waals surface area (Å²) in [7, 11) is 1.34. The molecule has 6 nitrogen and oxygen atoms in total. The van der Waals surface area contributed by atoms with Crippen molar-refractivity contribution in [2.75, 3.05) is 23.4 Å². The summed E-state index contributed by atoms with van der Waals surface area (Å²) in [4.78, 5) is 7.44. The predicted octanol–water partition coefficient (Wildman–Crippen LogP) is 2.86. The lowest BCUT2D eigenvalue weighted by atomic mass is 10.1. The maximum atomic E-state index is 12.8. The fraction of sp³-hybridized carbons (Fsp3) is 0.154. The van der Waals surface area contributed by atoms with Crippen LogP contribution in [0.4, 0.5) is 36.3 Å². The molecule has 0 unspecified atom stereocenters. The van der Waals surface area contributed by atoms with Crippen LogP contribution >= 0.6 is 0 Å². The Morgan fingerprint density at radius 1 is 1.32 bits per heavy atom. The maximum absolute atomic E-state index is 12.8. The Morgan fingerprint density at radius 2 is 2.05 bits per heavy atom. The van der Waals surface area contributed by atoms with Gasteiger partial charge in [-0.05, 0) is 12.1 Å². The Bertz CT molecular complexity index is 699. The van der Waals surface area contributed by atoms with Gasteiger partial charge in [-0.25, -0.2) is 4.98 Å². The molecule has 0 atom stereocenters. The van der Waals surface area contributed by atoms with Gasteiger partial charge in [-0.15, -0.1) is 0 Å². The Kier molecular flexibility index (Phi) is 4.15. The molecule has 0 aliphatic heterocycles. The monoisotopic (exact) mass is 310 g/mol. The largest absolute Gasteiger partial charge is 0.421 e. The van der Waals surface area contributed by atoms with Crippen LogP contribution in [0.3, 0.4) is 0 Å². The van der Waals surface area contributed by atoms with Gasteiger partial charge in [-0.3, -0.25) is 0 Å². The lowest BCUT2D eigenvalue weighted by molar-refractivity contribution is -0.137. The Balaban J connectivity index is 2.40. The molecule has 116 valence electrons. The number of rotatable bonds is 4. The summed E-state index contributed by atoms with van der Waals surface area (Å²) in [6.45, 7) is 0. The summed E-state index contributed by atoms with van der Waals surface area (Å²) in [5, 5.41) is 12.5. The molecular weight excluding hydrogens is 297 g/mol. The van der Waals surface area contributed by atoms with E-state index in [1.807, 2.05) is 0 Å². The van der Waals surface area contributed by atoms with Crippen LogP contribution in [0.5, 0.6) is 0 Å². The number of nitrogens with one attached hydrogen (secondary N) is 3. The third-order valence-electron chi connectivity index (χ3n) is 2.86. The zero-order valence-corrected chi connectivity index (χ0v) is 11.5. The summed E-state index contributed by atoms with van der Waals surface area (Å²) in [6, 6.07) is 4.88. The minimum atomic E-state index is -4.55. The minimum Gasteiger partial charge on any atom is -0.398 e. The van der Waals surface area contributed by atoms with Crippen LogP contribution in [0.2, 0.25) is 0 Å². The summed E-state index contributed by atoms with van der Waals surface area (Å²) >= 11 is 0. The van der Waals surface area contributed by atoms with E-state index in [2.05, 4.69) is 20.6 Å². The molecule has 0 aliphatic carbocycles. The number of nitrogens with two attached hydrogens (primary N) is 1. The quantitative estimate of drug-likeness (QED) is 0.514. The first-order chi connectivity index (χ1) is 10.4. The molecule has 22 heavy (non-hydrogen) atoms. The Morgan fingerprint density at radius 3 is 2.64 bits per heavy atom. The zero-order valence-electron chi connectivity index (χ0n) is 11.5. The number of benzene rings is 1. The van der Waals surface area contributed by atoms with Crippen molar-refractivity contribution in [2.45, 2.75) is 6.18 Å². The number of alkyl halides is 3. The highest BCUT2D eigenvalue weighted by Gasteiger charge is 2.35. The molecule has 0 spiro atoms. The standard InChI is InChI=1S/C13H13F3N6/c1-19-11-8(13(14,15)16)6-20-12(22-11)21-10-4-2-3-9(18)7(10)5-17/h2-6,17H,18H2,1H3,(H2,19,20,21,22). The van der Waals surface area contributed by atoms with Gasteiger partial charge >= 0.3 is 6.18 Å². The van der Waals surface area contributed by atoms with Crippen molar-refractivity contribution in [1.82, 2.24) is 9.97 Å². The van der Waals surface area contributed by atoms with Gasteiger partial charge in [0.1, 0.15) is 11.4 Å². The van der Waals surface area contributed by atoms with Crippen LogP contribution in [-0.4, -0.2) is 23.2 Å². The average molecular weight is 310 g/mol. The second-order valence-electron chi connectivity index (χ2n) is 4.28.